The van der Waals surface area contributed by atoms with Crippen LogP contribution in [0.15, 0.2) is 11.6 Å². The third-order valence-electron chi connectivity index (χ3n) is 9.51. The lowest BCUT2D eigenvalue weighted by atomic mass is 9.46. The van der Waals surface area contributed by atoms with E-state index >= 15 is 0 Å². The number of fused-ring (bicyclic) bond motifs is 3. The summed E-state index contributed by atoms with van der Waals surface area (Å²) in [5.41, 5.74) is 1.57. The largest absolute Gasteiger partial charge is 0.374 e. The van der Waals surface area contributed by atoms with Crippen LogP contribution in [-0.4, -0.2) is 37.5 Å². The zero-order valence-electron chi connectivity index (χ0n) is 18.1. The molecule has 0 aromatic heterocycles. The van der Waals surface area contributed by atoms with Crippen LogP contribution in [0, 0.1) is 34.5 Å². The van der Waals surface area contributed by atoms with E-state index in [1.165, 1.54) is 18.4 Å². The van der Waals surface area contributed by atoms with E-state index in [4.69, 9.17) is 9.47 Å². The van der Waals surface area contributed by atoms with Gasteiger partial charge in [0.2, 0.25) is 0 Å². The first-order chi connectivity index (χ1) is 14.0. The fraction of sp³-hybridized carbons (Fsp3) is 0.840. The molecule has 4 nitrogen and oxygen atoms in total. The van der Waals surface area contributed by atoms with E-state index in [0.717, 1.165) is 45.1 Å². The molecule has 3 saturated carbocycles. The quantitative estimate of drug-likeness (QED) is 0.616. The average molecular weight is 401 g/mol. The lowest BCUT2D eigenvalue weighted by Crippen LogP contribution is -2.53. The van der Waals surface area contributed by atoms with Crippen molar-refractivity contribution in [3.63, 3.8) is 0 Å². The van der Waals surface area contributed by atoms with E-state index in [-0.39, 0.29) is 22.9 Å². The van der Waals surface area contributed by atoms with Crippen molar-refractivity contribution < 1.29 is 19.1 Å². The minimum absolute atomic E-state index is 0.119. The fourth-order valence-corrected chi connectivity index (χ4v) is 8.09. The van der Waals surface area contributed by atoms with Crippen molar-refractivity contribution in [3.05, 3.63) is 11.6 Å². The highest BCUT2D eigenvalue weighted by Gasteiger charge is 2.65. The Bertz CT molecular complexity index is 726. The SMILES string of the molecule is CCCCOCC(=O)[C@H]1CCC2C3C[C@H]4OC[C@@]5(CCC(=O)C=C45)C3CC[C@@]21C. The van der Waals surface area contributed by atoms with Gasteiger partial charge in [-0.15, -0.1) is 0 Å². The number of ether oxygens (including phenoxy) is 2. The van der Waals surface area contributed by atoms with Gasteiger partial charge in [-0.05, 0) is 79.8 Å². The van der Waals surface area contributed by atoms with E-state index in [0.29, 0.717) is 49.0 Å². The third-order valence-corrected chi connectivity index (χ3v) is 9.51. The number of unbranched alkanes of at least 4 members (excludes halogenated alkanes) is 1. The first-order valence-electron chi connectivity index (χ1n) is 12.0. The molecule has 0 aromatic rings. The molecule has 5 rings (SSSR count). The number of ketones is 2. The smallest absolute Gasteiger partial charge is 0.162 e. The number of hydrogen-bond donors (Lipinski definition) is 0. The summed E-state index contributed by atoms with van der Waals surface area (Å²) in [6.07, 6.45) is 11.5. The van der Waals surface area contributed by atoms with E-state index in [1.54, 1.807) is 0 Å². The molecule has 29 heavy (non-hydrogen) atoms. The highest BCUT2D eigenvalue weighted by Crippen LogP contribution is 2.68. The molecule has 3 unspecified atom stereocenters. The molecule has 2 bridgehead atoms. The zero-order chi connectivity index (χ0) is 20.2. The van der Waals surface area contributed by atoms with Crippen molar-refractivity contribution in [2.24, 2.45) is 34.5 Å². The Hall–Kier alpha value is -1.00. The summed E-state index contributed by atoms with van der Waals surface area (Å²) in [6, 6.07) is 0. The zero-order valence-corrected chi connectivity index (χ0v) is 18.1. The van der Waals surface area contributed by atoms with Gasteiger partial charge in [-0.1, -0.05) is 20.3 Å². The number of carbonyl (C=O) groups excluding carboxylic acids is 2. The first-order valence-corrected chi connectivity index (χ1v) is 12.0. The second-order valence-electron chi connectivity index (χ2n) is 10.7. The van der Waals surface area contributed by atoms with Gasteiger partial charge in [0.15, 0.2) is 11.6 Å². The summed E-state index contributed by atoms with van der Waals surface area (Å²) >= 11 is 0. The van der Waals surface area contributed by atoms with Crippen molar-refractivity contribution in [2.75, 3.05) is 19.8 Å². The minimum atomic E-state index is 0.119. The molecule has 4 aliphatic carbocycles. The second kappa shape index (κ2) is 7.30. The van der Waals surface area contributed by atoms with Gasteiger partial charge in [0.05, 0.1) is 12.7 Å². The van der Waals surface area contributed by atoms with Crippen molar-refractivity contribution in [3.8, 4) is 0 Å². The number of rotatable bonds is 6. The van der Waals surface area contributed by atoms with Crippen LogP contribution < -0.4 is 0 Å². The molecular formula is C25H36O4. The molecule has 0 spiro atoms. The topological polar surface area (TPSA) is 52.6 Å². The van der Waals surface area contributed by atoms with Crippen LogP contribution >= 0.6 is 0 Å². The lowest BCUT2D eigenvalue weighted by Gasteiger charge is -2.56. The number of hydrogen-bond acceptors (Lipinski definition) is 4. The summed E-state index contributed by atoms with van der Waals surface area (Å²) < 4.78 is 12.0. The van der Waals surface area contributed by atoms with Crippen LogP contribution in [0.1, 0.15) is 71.6 Å². The average Bonchev–Trinajstić information content (AvgIpc) is 3.19. The monoisotopic (exact) mass is 400 g/mol. The Morgan fingerprint density at radius 1 is 1.24 bits per heavy atom. The van der Waals surface area contributed by atoms with Crippen LogP contribution in [0.4, 0.5) is 0 Å². The molecule has 1 aliphatic heterocycles. The first kappa shape index (κ1) is 19.9. The van der Waals surface area contributed by atoms with Crippen molar-refractivity contribution in [1.29, 1.82) is 0 Å². The van der Waals surface area contributed by atoms with E-state index in [1.807, 2.05) is 6.08 Å². The molecule has 7 atom stereocenters. The Morgan fingerprint density at radius 2 is 2.10 bits per heavy atom. The van der Waals surface area contributed by atoms with Gasteiger partial charge in [-0.2, -0.15) is 0 Å². The van der Waals surface area contributed by atoms with Crippen LogP contribution in [0.2, 0.25) is 0 Å². The Kier molecular flexibility index (Phi) is 5.02. The van der Waals surface area contributed by atoms with Gasteiger partial charge < -0.3 is 9.47 Å². The predicted molar refractivity (Wildman–Crippen MR) is 110 cm³/mol. The molecule has 1 heterocycles. The van der Waals surface area contributed by atoms with Crippen LogP contribution in [0.25, 0.3) is 0 Å². The minimum Gasteiger partial charge on any atom is -0.374 e. The summed E-state index contributed by atoms with van der Waals surface area (Å²) in [5.74, 6) is 2.68. The molecule has 1 saturated heterocycles. The van der Waals surface area contributed by atoms with Crippen LogP contribution in [-0.2, 0) is 19.1 Å². The molecule has 0 N–H and O–H groups in total. The van der Waals surface area contributed by atoms with E-state index in [9.17, 15) is 9.59 Å². The molecule has 0 amide bonds. The van der Waals surface area contributed by atoms with Crippen molar-refractivity contribution >= 4 is 11.6 Å². The molecule has 160 valence electrons. The van der Waals surface area contributed by atoms with Crippen LogP contribution in [0.5, 0.6) is 0 Å². The van der Waals surface area contributed by atoms with Gasteiger partial charge in [-0.25, -0.2) is 0 Å². The normalized spacial score (nSPS) is 45.4. The Morgan fingerprint density at radius 3 is 2.93 bits per heavy atom. The highest BCUT2D eigenvalue weighted by molar-refractivity contribution is 5.92. The predicted octanol–water partition coefficient (Wildman–Crippen LogP) is 4.51. The van der Waals surface area contributed by atoms with Crippen LogP contribution in [0.3, 0.4) is 0 Å². The molecule has 0 aromatic carbocycles. The summed E-state index contributed by atoms with van der Waals surface area (Å²) in [5, 5.41) is 0. The maximum atomic E-state index is 13.0. The van der Waals surface area contributed by atoms with Crippen molar-refractivity contribution in [2.45, 2.75) is 77.7 Å². The summed E-state index contributed by atoms with van der Waals surface area (Å²) in [4.78, 5) is 25.1. The van der Waals surface area contributed by atoms with E-state index in [2.05, 4.69) is 13.8 Å². The highest BCUT2D eigenvalue weighted by atomic mass is 16.5. The maximum Gasteiger partial charge on any atom is 0.162 e. The maximum absolute atomic E-state index is 13.0. The standard InChI is InChI=1S/C25H36O4/c1-3-4-11-28-14-22(27)20-6-5-18-17-13-23-21-12-16(26)7-10-25(21,15-29-23)19(17)8-9-24(18,20)2/h12,17-20,23H,3-11,13-15H2,1-2H3/t17?,18?,19?,20-,23-,24+,25+/m1/s1. The molecular weight excluding hydrogens is 364 g/mol. The number of carbonyl (C=O) groups is 2. The molecule has 0 radical (unpaired) electrons. The van der Waals surface area contributed by atoms with Gasteiger partial charge >= 0.3 is 0 Å². The van der Waals surface area contributed by atoms with Gasteiger partial charge in [-0.3, -0.25) is 9.59 Å². The second-order valence-corrected chi connectivity index (χ2v) is 10.7. The molecule has 4 fully saturated rings. The number of Topliss-reactive ketones (excluding diaryl/α,β-unsaturated/α-hetero) is 1. The lowest BCUT2D eigenvalue weighted by molar-refractivity contribution is -0.134. The van der Waals surface area contributed by atoms with Gasteiger partial charge in [0, 0.05) is 24.4 Å². The Balaban J connectivity index is 1.35. The summed E-state index contributed by atoms with van der Waals surface area (Å²) in [7, 11) is 0. The third kappa shape index (κ3) is 2.92. The molecule has 5 aliphatic rings. The van der Waals surface area contributed by atoms with E-state index < -0.39 is 0 Å². The fourth-order valence-electron chi connectivity index (χ4n) is 8.09. The molecule has 4 heteroatoms. The summed E-state index contributed by atoms with van der Waals surface area (Å²) in [6.45, 7) is 6.36. The van der Waals surface area contributed by atoms with Crippen molar-refractivity contribution in [1.82, 2.24) is 0 Å². The van der Waals surface area contributed by atoms with Gasteiger partial charge in [0.25, 0.3) is 0 Å². The van der Waals surface area contributed by atoms with Gasteiger partial charge in [0.1, 0.15) is 6.61 Å². The Labute approximate surface area is 174 Å².